The van der Waals surface area contributed by atoms with Crippen molar-refractivity contribution in [2.24, 2.45) is 0 Å². The van der Waals surface area contributed by atoms with Crippen molar-refractivity contribution in [2.45, 2.75) is 0 Å². The van der Waals surface area contributed by atoms with Crippen LogP contribution in [0.25, 0.3) is 5.69 Å². The molecule has 4 rings (SSSR count). The Hall–Kier alpha value is -3.95. The number of anilines is 2. The van der Waals surface area contributed by atoms with E-state index in [-0.39, 0.29) is 18.5 Å². The number of aromatic nitrogens is 4. The number of benzene rings is 2. The molecule has 0 unspecified atom stereocenters. The smallest absolute Gasteiger partial charge is 0.325 e. The first kappa shape index (κ1) is 18.4. The average molecular weight is 393 g/mol. The topological polar surface area (TPSA) is 105 Å². The Morgan fingerprint density at radius 1 is 1.07 bits per heavy atom. The van der Waals surface area contributed by atoms with Crippen LogP contribution in [0.4, 0.5) is 16.2 Å². The molecule has 0 aliphatic carbocycles. The van der Waals surface area contributed by atoms with Crippen LogP contribution >= 0.6 is 0 Å². The normalized spacial score (nSPS) is 13.6. The Morgan fingerprint density at radius 3 is 2.45 bits per heavy atom. The maximum atomic E-state index is 12.6. The molecule has 1 aliphatic rings. The molecule has 1 fully saturated rings. The van der Waals surface area contributed by atoms with E-state index in [1.54, 1.807) is 48.4 Å². The molecule has 0 spiro atoms. The summed E-state index contributed by atoms with van der Waals surface area (Å²) in [5.41, 5.74) is 2.18. The number of tetrazole rings is 1. The van der Waals surface area contributed by atoms with Crippen molar-refractivity contribution in [3.63, 3.8) is 0 Å². The number of amides is 3. The lowest BCUT2D eigenvalue weighted by molar-refractivity contribution is -0.116. The van der Waals surface area contributed by atoms with Gasteiger partial charge in [0.25, 0.3) is 0 Å². The number of urea groups is 1. The first-order valence-electron chi connectivity index (χ1n) is 8.98. The first-order chi connectivity index (χ1) is 14.1. The molecule has 0 bridgehead atoms. The summed E-state index contributed by atoms with van der Waals surface area (Å²) in [4.78, 5) is 28.2. The van der Waals surface area contributed by atoms with E-state index in [2.05, 4.69) is 20.8 Å². The minimum absolute atomic E-state index is 0.0137. The molecule has 1 N–H and O–H groups in total. The fourth-order valence-electron chi connectivity index (χ4n) is 3.08. The Kier molecular flexibility index (Phi) is 5.06. The summed E-state index contributed by atoms with van der Waals surface area (Å²) >= 11 is 0. The maximum Gasteiger partial charge on any atom is 0.325 e. The number of nitrogens with one attached hydrogen (secondary N) is 1. The van der Waals surface area contributed by atoms with Gasteiger partial charge in [0.05, 0.1) is 12.8 Å². The lowest BCUT2D eigenvalue weighted by atomic mass is 10.3. The van der Waals surface area contributed by atoms with Crippen LogP contribution < -0.4 is 15.0 Å². The van der Waals surface area contributed by atoms with Gasteiger partial charge in [-0.15, -0.1) is 5.10 Å². The SMILES string of the molecule is COc1ccc(N2CCN(CC(=O)Nc3ccc(-n4cnnn4)cc3)C2=O)cc1. The van der Waals surface area contributed by atoms with Crippen molar-refractivity contribution in [1.82, 2.24) is 25.1 Å². The number of hydrogen-bond acceptors (Lipinski definition) is 6. The van der Waals surface area contributed by atoms with Crippen molar-refractivity contribution >= 4 is 23.3 Å². The fraction of sp³-hybridized carbons (Fsp3) is 0.211. The Morgan fingerprint density at radius 2 is 1.79 bits per heavy atom. The Labute approximate surface area is 166 Å². The highest BCUT2D eigenvalue weighted by Gasteiger charge is 2.30. The lowest BCUT2D eigenvalue weighted by Crippen LogP contribution is -2.37. The van der Waals surface area contributed by atoms with Crippen LogP contribution in [0, 0.1) is 0 Å². The molecule has 3 aromatic rings. The van der Waals surface area contributed by atoms with E-state index in [0.717, 1.165) is 17.1 Å². The van der Waals surface area contributed by atoms with Gasteiger partial charge in [-0.05, 0) is 59.0 Å². The summed E-state index contributed by atoms with van der Waals surface area (Å²) in [6.07, 6.45) is 1.49. The summed E-state index contributed by atoms with van der Waals surface area (Å²) in [6.45, 7) is 0.996. The van der Waals surface area contributed by atoms with Crippen LogP contribution in [0.5, 0.6) is 5.75 Å². The third-order valence-corrected chi connectivity index (χ3v) is 4.58. The number of carbonyl (C=O) groups excluding carboxylic acids is 2. The summed E-state index contributed by atoms with van der Waals surface area (Å²) in [7, 11) is 1.59. The zero-order chi connectivity index (χ0) is 20.2. The van der Waals surface area contributed by atoms with Crippen LogP contribution in [-0.4, -0.2) is 63.8 Å². The van der Waals surface area contributed by atoms with Gasteiger partial charge in [0.15, 0.2) is 0 Å². The number of hydrogen-bond donors (Lipinski definition) is 1. The second-order valence-corrected chi connectivity index (χ2v) is 6.40. The van der Waals surface area contributed by atoms with Crippen molar-refractivity contribution in [3.05, 3.63) is 54.9 Å². The molecule has 1 aliphatic heterocycles. The van der Waals surface area contributed by atoms with Gasteiger partial charge in [-0.2, -0.15) is 0 Å². The molecule has 10 heteroatoms. The minimum atomic E-state index is -0.259. The van der Waals surface area contributed by atoms with Gasteiger partial charge in [0.2, 0.25) is 5.91 Å². The van der Waals surface area contributed by atoms with Crippen LogP contribution in [0.15, 0.2) is 54.9 Å². The van der Waals surface area contributed by atoms with E-state index >= 15 is 0 Å². The van der Waals surface area contributed by atoms with Crippen LogP contribution in [0.3, 0.4) is 0 Å². The second kappa shape index (κ2) is 7.97. The predicted molar refractivity (Wildman–Crippen MR) is 105 cm³/mol. The molecular weight excluding hydrogens is 374 g/mol. The van der Waals surface area contributed by atoms with Gasteiger partial charge in [0, 0.05) is 24.5 Å². The van der Waals surface area contributed by atoms with Gasteiger partial charge in [-0.1, -0.05) is 0 Å². The van der Waals surface area contributed by atoms with Gasteiger partial charge in [0.1, 0.15) is 18.6 Å². The highest BCUT2D eigenvalue weighted by Crippen LogP contribution is 2.23. The molecule has 0 saturated carbocycles. The zero-order valence-electron chi connectivity index (χ0n) is 15.7. The molecule has 2 aromatic carbocycles. The van der Waals surface area contributed by atoms with Gasteiger partial charge >= 0.3 is 6.03 Å². The monoisotopic (exact) mass is 393 g/mol. The van der Waals surface area contributed by atoms with E-state index in [1.807, 2.05) is 12.1 Å². The molecule has 1 aromatic heterocycles. The van der Waals surface area contributed by atoms with E-state index in [9.17, 15) is 9.59 Å². The van der Waals surface area contributed by atoms with E-state index in [4.69, 9.17) is 4.74 Å². The third-order valence-electron chi connectivity index (χ3n) is 4.58. The third kappa shape index (κ3) is 4.00. The van der Waals surface area contributed by atoms with E-state index < -0.39 is 0 Å². The number of rotatable bonds is 6. The summed E-state index contributed by atoms with van der Waals surface area (Å²) < 4.78 is 6.66. The fourth-order valence-corrected chi connectivity index (χ4v) is 3.08. The number of nitrogens with zero attached hydrogens (tertiary/aromatic N) is 6. The van der Waals surface area contributed by atoms with Crippen LogP contribution in [0.1, 0.15) is 0 Å². The molecule has 29 heavy (non-hydrogen) atoms. The second-order valence-electron chi connectivity index (χ2n) is 6.40. The average Bonchev–Trinajstić information content (AvgIpc) is 3.40. The van der Waals surface area contributed by atoms with Crippen LogP contribution in [-0.2, 0) is 4.79 Å². The van der Waals surface area contributed by atoms with Gasteiger partial charge in [-0.3, -0.25) is 9.69 Å². The Balaban J connectivity index is 1.34. The molecule has 1 saturated heterocycles. The van der Waals surface area contributed by atoms with Crippen molar-refractivity contribution in [2.75, 3.05) is 37.0 Å². The standard InChI is InChI=1S/C19H19N7O3/c1-29-17-8-6-15(7-9-17)25-11-10-24(19(25)28)12-18(27)21-14-2-4-16(5-3-14)26-13-20-22-23-26/h2-9,13H,10-12H2,1H3,(H,21,27). The molecule has 10 nitrogen and oxygen atoms in total. The zero-order valence-corrected chi connectivity index (χ0v) is 15.7. The van der Waals surface area contributed by atoms with Crippen LogP contribution in [0.2, 0.25) is 0 Å². The highest BCUT2D eigenvalue weighted by molar-refractivity contribution is 5.99. The van der Waals surface area contributed by atoms with Crippen molar-refractivity contribution in [1.29, 1.82) is 0 Å². The molecule has 2 heterocycles. The Bertz CT molecular complexity index is 988. The molecular formula is C19H19N7O3. The van der Waals surface area contributed by atoms with Crippen molar-refractivity contribution < 1.29 is 14.3 Å². The maximum absolute atomic E-state index is 12.6. The number of carbonyl (C=O) groups is 2. The summed E-state index contributed by atoms with van der Waals surface area (Å²) in [5.74, 6) is 0.466. The molecule has 0 radical (unpaired) electrons. The van der Waals surface area contributed by atoms with Gasteiger partial charge < -0.3 is 15.0 Å². The van der Waals surface area contributed by atoms with E-state index in [1.165, 1.54) is 15.9 Å². The lowest BCUT2D eigenvalue weighted by Gasteiger charge is -2.18. The minimum Gasteiger partial charge on any atom is -0.497 e. The number of ether oxygens (including phenoxy) is 1. The quantitative estimate of drug-likeness (QED) is 0.681. The molecule has 148 valence electrons. The predicted octanol–water partition coefficient (Wildman–Crippen LogP) is 1.55. The molecule has 0 atom stereocenters. The van der Waals surface area contributed by atoms with E-state index in [0.29, 0.717) is 18.8 Å². The molecule has 3 amide bonds. The largest absolute Gasteiger partial charge is 0.497 e. The summed E-state index contributed by atoms with van der Waals surface area (Å²) in [6, 6.07) is 14.2. The number of methoxy groups -OCH3 is 1. The van der Waals surface area contributed by atoms with Crippen molar-refractivity contribution in [3.8, 4) is 11.4 Å². The van der Waals surface area contributed by atoms with Gasteiger partial charge in [-0.25, -0.2) is 9.48 Å². The summed E-state index contributed by atoms with van der Waals surface area (Å²) in [5, 5.41) is 13.8. The highest BCUT2D eigenvalue weighted by atomic mass is 16.5. The first-order valence-corrected chi connectivity index (χ1v) is 8.98.